The molecule has 7 nitrogen and oxygen atoms in total. The minimum Gasteiger partial charge on any atom is -0.497 e. The van der Waals surface area contributed by atoms with Crippen LogP contribution in [-0.4, -0.2) is 47.6 Å². The number of hydrogen-bond acceptors (Lipinski definition) is 6. The number of Topliss-reactive ketones (excluding diaryl/α,β-unsaturated/α-hetero) is 1. The monoisotopic (exact) mass is 394 g/mol. The Bertz CT molecular complexity index is 970. The van der Waals surface area contributed by atoms with Crippen molar-refractivity contribution in [3.63, 3.8) is 0 Å². The quantitative estimate of drug-likeness (QED) is 0.556. The number of esters is 1. The minimum atomic E-state index is -1.85. The predicted octanol–water partition coefficient (Wildman–Crippen LogP) is 2.84. The molecule has 0 spiro atoms. The number of methoxy groups -OCH3 is 1. The molecular formula is C22H22N2O5. The number of hydrazone groups is 1. The summed E-state index contributed by atoms with van der Waals surface area (Å²) in [5.74, 6) is -1.25. The first-order valence-electron chi connectivity index (χ1n) is 9.23. The number of amides is 1. The maximum absolute atomic E-state index is 13.2. The van der Waals surface area contributed by atoms with E-state index in [-0.39, 0.29) is 13.0 Å². The molecule has 0 fully saturated rings. The minimum absolute atomic E-state index is 0.0765. The van der Waals surface area contributed by atoms with Gasteiger partial charge in [-0.25, -0.2) is 9.80 Å². The molecule has 0 saturated carbocycles. The lowest BCUT2D eigenvalue weighted by Crippen LogP contribution is -2.58. The Morgan fingerprint density at radius 1 is 1.10 bits per heavy atom. The lowest BCUT2D eigenvalue weighted by Gasteiger charge is -2.31. The molecule has 1 amide bonds. The van der Waals surface area contributed by atoms with E-state index in [1.807, 2.05) is 0 Å². The number of rotatable bonds is 6. The third-order valence-electron chi connectivity index (χ3n) is 4.82. The van der Waals surface area contributed by atoms with Crippen LogP contribution in [-0.2, 0) is 14.3 Å². The number of hydrogen-bond donors (Lipinski definition) is 0. The van der Waals surface area contributed by atoms with Crippen LogP contribution >= 0.6 is 0 Å². The molecule has 0 bridgehead atoms. The number of ketones is 1. The van der Waals surface area contributed by atoms with Gasteiger partial charge in [0.15, 0.2) is 5.78 Å². The molecule has 1 aliphatic rings. The summed E-state index contributed by atoms with van der Waals surface area (Å²) in [7, 11) is 1.54. The lowest BCUT2D eigenvalue weighted by molar-refractivity contribution is -0.159. The van der Waals surface area contributed by atoms with E-state index in [2.05, 4.69) is 5.10 Å². The van der Waals surface area contributed by atoms with Gasteiger partial charge in [0.05, 0.1) is 19.4 Å². The zero-order valence-corrected chi connectivity index (χ0v) is 16.5. The van der Waals surface area contributed by atoms with Gasteiger partial charge >= 0.3 is 5.97 Å². The smallest absolute Gasteiger partial charge is 0.342 e. The molecule has 1 heterocycles. The van der Waals surface area contributed by atoms with Crippen molar-refractivity contribution in [3.8, 4) is 5.75 Å². The first-order valence-corrected chi connectivity index (χ1v) is 9.23. The van der Waals surface area contributed by atoms with Gasteiger partial charge in [0, 0.05) is 17.5 Å². The van der Waals surface area contributed by atoms with E-state index in [0.29, 0.717) is 22.6 Å². The molecular weight excluding hydrogens is 372 g/mol. The summed E-state index contributed by atoms with van der Waals surface area (Å²) in [4.78, 5) is 38.9. The second-order valence-electron chi connectivity index (χ2n) is 6.58. The molecule has 0 radical (unpaired) electrons. The highest BCUT2D eigenvalue weighted by Crippen LogP contribution is 2.34. The van der Waals surface area contributed by atoms with Crippen LogP contribution in [0.25, 0.3) is 0 Å². The van der Waals surface area contributed by atoms with Crippen LogP contribution in [0.3, 0.4) is 0 Å². The second kappa shape index (κ2) is 8.26. The fraction of sp³-hybridized carbons (Fsp3) is 0.273. The summed E-state index contributed by atoms with van der Waals surface area (Å²) in [6.45, 7) is 3.00. The van der Waals surface area contributed by atoms with Crippen molar-refractivity contribution >= 4 is 23.4 Å². The van der Waals surface area contributed by atoms with Gasteiger partial charge in [-0.3, -0.25) is 9.59 Å². The van der Waals surface area contributed by atoms with E-state index in [9.17, 15) is 14.4 Å². The molecule has 1 atom stereocenters. The molecule has 2 aromatic carbocycles. The highest BCUT2D eigenvalue weighted by atomic mass is 16.5. The highest BCUT2D eigenvalue weighted by Gasteiger charge is 2.57. The number of benzene rings is 2. The van der Waals surface area contributed by atoms with Crippen LogP contribution in [0.4, 0.5) is 0 Å². The highest BCUT2D eigenvalue weighted by molar-refractivity contribution is 6.19. The van der Waals surface area contributed by atoms with Crippen LogP contribution in [0.15, 0.2) is 59.7 Å². The Morgan fingerprint density at radius 3 is 2.45 bits per heavy atom. The Labute approximate surface area is 168 Å². The van der Waals surface area contributed by atoms with E-state index in [0.717, 1.165) is 5.01 Å². The van der Waals surface area contributed by atoms with Crippen LogP contribution in [0.1, 0.15) is 36.2 Å². The average molecular weight is 394 g/mol. The maximum atomic E-state index is 13.2. The third-order valence-corrected chi connectivity index (χ3v) is 4.82. The van der Waals surface area contributed by atoms with Crippen LogP contribution in [0.2, 0.25) is 0 Å². The van der Waals surface area contributed by atoms with E-state index >= 15 is 0 Å². The molecule has 0 aromatic heterocycles. The molecule has 0 aliphatic carbocycles. The molecule has 7 heteroatoms. The first-order chi connectivity index (χ1) is 13.9. The third kappa shape index (κ3) is 3.63. The lowest BCUT2D eigenvalue weighted by atomic mass is 9.87. The molecule has 0 saturated heterocycles. The summed E-state index contributed by atoms with van der Waals surface area (Å²) < 4.78 is 10.4. The molecule has 29 heavy (non-hydrogen) atoms. The van der Waals surface area contributed by atoms with Crippen LogP contribution in [0.5, 0.6) is 5.75 Å². The zero-order chi connectivity index (χ0) is 21.0. The zero-order valence-electron chi connectivity index (χ0n) is 16.5. The van der Waals surface area contributed by atoms with Crippen LogP contribution < -0.4 is 4.74 Å². The molecule has 1 aliphatic heterocycles. The van der Waals surface area contributed by atoms with E-state index < -0.39 is 23.2 Å². The van der Waals surface area contributed by atoms with Crippen molar-refractivity contribution in [2.75, 3.05) is 13.7 Å². The first kappa shape index (κ1) is 20.3. The summed E-state index contributed by atoms with van der Waals surface area (Å²) in [5, 5.41) is 5.38. The Hall–Kier alpha value is -3.48. The van der Waals surface area contributed by atoms with Gasteiger partial charge in [-0.2, -0.15) is 5.10 Å². The summed E-state index contributed by atoms with van der Waals surface area (Å²) in [5.41, 5.74) is -0.446. The average Bonchev–Trinajstić information content (AvgIpc) is 3.16. The number of ether oxygens (including phenoxy) is 2. The molecule has 3 rings (SSSR count). The van der Waals surface area contributed by atoms with E-state index in [1.165, 1.54) is 6.92 Å². The molecule has 150 valence electrons. The largest absolute Gasteiger partial charge is 0.497 e. The molecule has 0 N–H and O–H groups in total. The fourth-order valence-electron chi connectivity index (χ4n) is 3.27. The SMILES string of the molecule is CCOC(=O)C1(C(C)=O)CC(c2cccc(OC)c2)=NN1C(=O)c1ccccc1. The Kier molecular flexibility index (Phi) is 5.77. The molecule has 2 aromatic rings. The Balaban J connectivity index is 2.13. The van der Waals surface area contributed by atoms with E-state index in [1.54, 1.807) is 68.6 Å². The van der Waals surface area contributed by atoms with E-state index in [4.69, 9.17) is 9.47 Å². The predicted molar refractivity (Wildman–Crippen MR) is 107 cm³/mol. The number of nitrogens with zero attached hydrogens (tertiary/aromatic N) is 2. The van der Waals surface area contributed by atoms with Crippen molar-refractivity contribution in [2.24, 2.45) is 5.10 Å². The summed E-state index contributed by atoms with van der Waals surface area (Å²) >= 11 is 0. The van der Waals surface area contributed by atoms with Gasteiger partial charge in [0.2, 0.25) is 5.54 Å². The Morgan fingerprint density at radius 2 is 1.83 bits per heavy atom. The van der Waals surface area contributed by atoms with Gasteiger partial charge in [0.1, 0.15) is 5.75 Å². The molecule has 1 unspecified atom stereocenters. The second-order valence-corrected chi connectivity index (χ2v) is 6.58. The maximum Gasteiger partial charge on any atom is 0.342 e. The van der Waals surface area contributed by atoms with Crippen molar-refractivity contribution in [1.29, 1.82) is 0 Å². The topological polar surface area (TPSA) is 85.3 Å². The van der Waals surface area contributed by atoms with Crippen molar-refractivity contribution in [2.45, 2.75) is 25.8 Å². The standard InChI is InChI=1S/C22H22N2O5/c1-4-29-21(27)22(15(2)25)14-19(17-11-8-12-18(13-17)28-3)23-24(22)20(26)16-9-6-5-7-10-16/h5-13H,4,14H2,1-3H3. The van der Waals surface area contributed by atoms with Gasteiger partial charge < -0.3 is 9.47 Å². The fourth-order valence-corrected chi connectivity index (χ4v) is 3.27. The normalized spacial score (nSPS) is 18.2. The number of carbonyl (C=O) groups is 3. The van der Waals surface area contributed by atoms with Crippen molar-refractivity contribution in [1.82, 2.24) is 5.01 Å². The van der Waals surface area contributed by atoms with Gasteiger partial charge in [-0.1, -0.05) is 30.3 Å². The van der Waals surface area contributed by atoms with Gasteiger partial charge in [-0.05, 0) is 38.1 Å². The van der Waals surface area contributed by atoms with Crippen LogP contribution in [0, 0.1) is 0 Å². The summed E-state index contributed by atoms with van der Waals surface area (Å²) in [6, 6.07) is 15.5. The summed E-state index contributed by atoms with van der Waals surface area (Å²) in [6.07, 6.45) is -0.0765. The van der Waals surface area contributed by atoms with Crippen molar-refractivity contribution < 1.29 is 23.9 Å². The van der Waals surface area contributed by atoms with Gasteiger partial charge in [0.25, 0.3) is 5.91 Å². The number of carbonyl (C=O) groups excluding carboxylic acids is 3. The van der Waals surface area contributed by atoms with Crippen molar-refractivity contribution in [3.05, 3.63) is 65.7 Å². The van der Waals surface area contributed by atoms with Gasteiger partial charge in [-0.15, -0.1) is 0 Å².